The van der Waals surface area contributed by atoms with E-state index in [0.717, 1.165) is 25.7 Å². The van der Waals surface area contributed by atoms with Crippen molar-refractivity contribution in [3.63, 3.8) is 0 Å². The van der Waals surface area contributed by atoms with Crippen molar-refractivity contribution in [2.45, 2.75) is 44.2 Å². The highest BCUT2D eigenvalue weighted by Crippen LogP contribution is 2.29. The maximum atomic E-state index is 12.8. The first-order valence-electron chi connectivity index (χ1n) is 9.51. The van der Waals surface area contributed by atoms with Crippen molar-refractivity contribution in [3.8, 4) is 0 Å². The number of nitrogens with zero attached hydrogens (tertiary/aromatic N) is 4. The predicted molar refractivity (Wildman–Crippen MR) is 102 cm³/mol. The number of hydrogen-bond donors (Lipinski definition) is 0. The maximum absolute atomic E-state index is 12.8. The molecule has 1 saturated heterocycles. The smallest absolute Gasteiger partial charge is 0.326 e. The molecule has 1 amide bonds. The molecule has 0 spiro atoms. The van der Waals surface area contributed by atoms with Gasteiger partial charge in [0.2, 0.25) is 5.95 Å². The highest BCUT2D eigenvalue weighted by Gasteiger charge is 2.39. The Hall–Kier alpha value is -2.23. The van der Waals surface area contributed by atoms with Crippen molar-refractivity contribution in [1.29, 1.82) is 0 Å². The van der Waals surface area contributed by atoms with Gasteiger partial charge in [-0.15, -0.1) is 0 Å². The van der Waals surface area contributed by atoms with Crippen LogP contribution in [0.5, 0.6) is 0 Å². The molecule has 1 saturated carbocycles. The zero-order chi connectivity index (χ0) is 20.1. The molecule has 9 nitrogen and oxygen atoms in total. The number of amides is 1. The molecule has 0 aromatic carbocycles. The number of likely N-dealkylation sites (N-methyl/N-ethyl adjacent to an activating group) is 1. The third kappa shape index (κ3) is 5.18. The zero-order valence-electron chi connectivity index (χ0n) is 16.0. The number of carbonyl (C=O) groups is 2. The highest BCUT2D eigenvalue weighted by atomic mass is 32.2. The largest absolute Gasteiger partial charge is 0.454 e. The van der Waals surface area contributed by atoms with Crippen LogP contribution in [-0.4, -0.2) is 79.0 Å². The predicted octanol–water partition coefficient (Wildman–Crippen LogP) is 0.414. The van der Waals surface area contributed by atoms with Gasteiger partial charge in [0.15, 0.2) is 16.4 Å². The first kappa shape index (κ1) is 20.5. The Morgan fingerprint density at radius 2 is 1.82 bits per heavy atom. The summed E-state index contributed by atoms with van der Waals surface area (Å²) in [6, 6.07) is 1.39. The Morgan fingerprint density at radius 1 is 1.14 bits per heavy atom. The van der Waals surface area contributed by atoms with Crippen LogP contribution in [0, 0.1) is 0 Å². The number of anilines is 1. The van der Waals surface area contributed by atoms with Gasteiger partial charge in [-0.1, -0.05) is 12.8 Å². The number of ether oxygens (including phenoxy) is 1. The van der Waals surface area contributed by atoms with Gasteiger partial charge < -0.3 is 14.5 Å². The van der Waals surface area contributed by atoms with Crippen LogP contribution in [0.3, 0.4) is 0 Å². The molecule has 1 aliphatic carbocycles. The second-order valence-corrected chi connectivity index (χ2v) is 9.59. The van der Waals surface area contributed by atoms with E-state index in [-0.39, 0.29) is 42.6 Å². The van der Waals surface area contributed by atoms with Gasteiger partial charge in [0.1, 0.15) is 6.54 Å². The second-order valence-electron chi connectivity index (χ2n) is 7.36. The molecular weight excluding hydrogens is 384 g/mol. The molecule has 0 bridgehead atoms. The lowest BCUT2D eigenvalue weighted by molar-refractivity contribution is -0.153. The van der Waals surface area contributed by atoms with Gasteiger partial charge in [-0.3, -0.25) is 9.59 Å². The first-order valence-corrected chi connectivity index (χ1v) is 11.3. The molecule has 0 radical (unpaired) electrons. The third-order valence-corrected chi connectivity index (χ3v) is 6.97. The van der Waals surface area contributed by atoms with Crippen LogP contribution in [0.4, 0.5) is 5.95 Å². The minimum absolute atomic E-state index is 0.00271. The summed E-state index contributed by atoms with van der Waals surface area (Å²) in [6.45, 7) is -0.464. The topological polar surface area (TPSA) is 110 Å². The average molecular weight is 410 g/mol. The SMILES string of the molecule is CN(CC(=O)OCC(=O)N(C1CCCC1)C1CCS(=O)(=O)C1)c1ncccn1. The van der Waals surface area contributed by atoms with E-state index in [1.54, 1.807) is 30.4 Å². The summed E-state index contributed by atoms with van der Waals surface area (Å²) < 4.78 is 28.9. The van der Waals surface area contributed by atoms with Gasteiger partial charge in [-0.25, -0.2) is 18.4 Å². The van der Waals surface area contributed by atoms with Gasteiger partial charge in [-0.2, -0.15) is 0 Å². The fourth-order valence-corrected chi connectivity index (χ4v) is 5.61. The lowest BCUT2D eigenvalue weighted by atomic mass is 10.1. The van der Waals surface area contributed by atoms with Crippen LogP contribution in [0.1, 0.15) is 32.1 Å². The van der Waals surface area contributed by atoms with Crippen LogP contribution in [0.25, 0.3) is 0 Å². The van der Waals surface area contributed by atoms with Crippen molar-refractivity contribution in [1.82, 2.24) is 14.9 Å². The molecule has 1 aliphatic heterocycles. The molecule has 3 rings (SSSR count). The second kappa shape index (κ2) is 8.85. The maximum Gasteiger partial charge on any atom is 0.326 e. The number of esters is 1. The van der Waals surface area contributed by atoms with E-state index in [4.69, 9.17) is 4.74 Å². The average Bonchev–Trinajstić information content (AvgIpc) is 3.31. The highest BCUT2D eigenvalue weighted by molar-refractivity contribution is 7.91. The van der Waals surface area contributed by atoms with Crippen molar-refractivity contribution < 1.29 is 22.7 Å². The Morgan fingerprint density at radius 3 is 2.43 bits per heavy atom. The lowest BCUT2D eigenvalue weighted by Crippen LogP contribution is -2.48. The standard InChI is InChI=1S/C18H26N4O5S/c1-21(18-19-8-4-9-20-18)11-17(24)27-12-16(23)22(14-5-2-3-6-14)15-7-10-28(25,26)13-15/h4,8-9,14-15H,2-3,5-7,10-13H2,1H3. The number of hydrogen-bond acceptors (Lipinski definition) is 8. The molecule has 2 fully saturated rings. The summed E-state index contributed by atoms with van der Waals surface area (Å²) >= 11 is 0. The molecule has 154 valence electrons. The van der Waals surface area contributed by atoms with Crippen molar-refractivity contribution >= 4 is 27.7 Å². The van der Waals surface area contributed by atoms with Gasteiger partial charge in [0.25, 0.3) is 5.91 Å². The van der Waals surface area contributed by atoms with E-state index >= 15 is 0 Å². The van der Waals surface area contributed by atoms with E-state index in [9.17, 15) is 18.0 Å². The Bertz CT molecular complexity index is 795. The molecule has 2 aliphatic rings. The van der Waals surface area contributed by atoms with Gasteiger partial charge in [-0.05, 0) is 25.3 Å². The third-order valence-electron chi connectivity index (χ3n) is 5.22. The van der Waals surface area contributed by atoms with Gasteiger partial charge in [0, 0.05) is 31.5 Å². The minimum Gasteiger partial charge on any atom is -0.454 e. The summed E-state index contributed by atoms with van der Waals surface area (Å²) in [7, 11) is -1.44. The fourth-order valence-electron chi connectivity index (χ4n) is 3.90. The molecule has 1 unspecified atom stereocenters. The quantitative estimate of drug-likeness (QED) is 0.595. The summed E-state index contributed by atoms with van der Waals surface area (Å²) in [5.74, 6) is -0.392. The number of aromatic nitrogens is 2. The number of rotatable bonds is 7. The van der Waals surface area contributed by atoms with E-state index < -0.39 is 15.8 Å². The van der Waals surface area contributed by atoms with E-state index in [0.29, 0.717) is 12.4 Å². The van der Waals surface area contributed by atoms with Crippen LogP contribution in [-0.2, 0) is 24.2 Å². The zero-order valence-corrected chi connectivity index (χ0v) is 16.8. The fraction of sp³-hybridized carbons (Fsp3) is 0.667. The molecule has 0 N–H and O–H groups in total. The Balaban J connectivity index is 1.56. The van der Waals surface area contributed by atoms with Crippen molar-refractivity contribution in [2.75, 3.05) is 36.6 Å². The van der Waals surface area contributed by atoms with Crippen molar-refractivity contribution in [3.05, 3.63) is 18.5 Å². The van der Waals surface area contributed by atoms with E-state index in [1.165, 1.54) is 4.90 Å². The number of sulfone groups is 1. The lowest BCUT2D eigenvalue weighted by Gasteiger charge is -2.33. The molecule has 2 heterocycles. The van der Waals surface area contributed by atoms with Crippen LogP contribution < -0.4 is 4.90 Å². The van der Waals surface area contributed by atoms with Crippen LogP contribution in [0.2, 0.25) is 0 Å². The van der Waals surface area contributed by atoms with E-state index in [2.05, 4.69) is 9.97 Å². The Kier molecular flexibility index (Phi) is 6.48. The monoisotopic (exact) mass is 410 g/mol. The molecule has 1 aromatic rings. The molecular formula is C18H26N4O5S. The summed E-state index contributed by atoms with van der Waals surface area (Å²) in [4.78, 5) is 36.2. The molecule has 1 aromatic heterocycles. The van der Waals surface area contributed by atoms with Crippen molar-refractivity contribution in [2.24, 2.45) is 0 Å². The molecule has 1 atom stereocenters. The normalized spacial score (nSPS) is 21.4. The van der Waals surface area contributed by atoms with Crippen LogP contribution in [0.15, 0.2) is 18.5 Å². The van der Waals surface area contributed by atoms with Gasteiger partial charge in [0.05, 0.1) is 11.5 Å². The molecule has 28 heavy (non-hydrogen) atoms. The summed E-state index contributed by atoms with van der Waals surface area (Å²) in [5.41, 5.74) is 0. The minimum atomic E-state index is -3.10. The summed E-state index contributed by atoms with van der Waals surface area (Å²) in [6.07, 6.45) is 7.37. The summed E-state index contributed by atoms with van der Waals surface area (Å²) in [5, 5.41) is 0. The molecule has 10 heteroatoms. The van der Waals surface area contributed by atoms with Crippen LogP contribution >= 0.6 is 0 Å². The van der Waals surface area contributed by atoms with E-state index in [1.807, 2.05) is 0 Å². The Labute approximate surface area is 165 Å². The number of carbonyl (C=O) groups excluding carboxylic acids is 2. The van der Waals surface area contributed by atoms with Gasteiger partial charge >= 0.3 is 5.97 Å². The first-order chi connectivity index (χ1) is 13.4.